The molecule has 0 amide bonds. The zero-order valence-corrected chi connectivity index (χ0v) is 9.31. The number of unbranched alkanes of at least 4 members (excludes halogenated alkanes) is 6. The molecule has 0 unspecified atom stereocenters. The van der Waals surface area contributed by atoms with Gasteiger partial charge in [0.25, 0.3) is 0 Å². The maximum absolute atomic E-state index is 10.6. The summed E-state index contributed by atoms with van der Waals surface area (Å²) in [5, 5.41) is 0. The maximum Gasteiger partial charge on any atom is 0.317 e. The first-order valence-corrected chi connectivity index (χ1v) is 5.52. The molecule has 0 rings (SSSR count). The number of carbonyl (C=O) groups excluding carboxylic acids is 1. The standard InChI is InChI=1S/C10H20O2S/c1-2-3-4-5-6-7-8-9-10(11)12-13/h13H,2-9H2,1H3. The van der Waals surface area contributed by atoms with E-state index < -0.39 is 0 Å². The lowest BCUT2D eigenvalue weighted by molar-refractivity contribution is -0.132. The Morgan fingerprint density at radius 1 is 1.08 bits per heavy atom. The molecule has 78 valence electrons. The normalized spacial score (nSPS) is 10.0. The van der Waals surface area contributed by atoms with E-state index in [1.807, 2.05) is 0 Å². The van der Waals surface area contributed by atoms with Crippen molar-refractivity contribution in [3.05, 3.63) is 0 Å². The molecular formula is C10H20O2S. The topological polar surface area (TPSA) is 26.3 Å². The molecule has 0 spiro atoms. The molecule has 0 aliphatic carbocycles. The summed E-state index contributed by atoms with van der Waals surface area (Å²) in [5.41, 5.74) is 0. The van der Waals surface area contributed by atoms with Gasteiger partial charge in [0.2, 0.25) is 0 Å². The van der Waals surface area contributed by atoms with Gasteiger partial charge in [0, 0.05) is 19.3 Å². The summed E-state index contributed by atoms with van der Waals surface area (Å²) in [6, 6.07) is 0. The van der Waals surface area contributed by atoms with Gasteiger partial charge in [-0.05, 0) is 6.42 Å². The number of thiol groups is 1. The third-order valence-corrected chi connectivity index (χ3v) is 2.29. The molecule has 0 aliphatic heterocycles. The molecule has 0 N–H and O–H groups in total. The quantitative estimate of drug-likeness (QED) is 0.372. The molecule has 0 saturated carbocycles. The fraction of sp³-hybridized carbons (Fsp3) is 0.900. The van der Waals surface area contributed by atoms with Crippen molar-refractivity contribution in [1.29, 1.82) is 0 Å². The smallest absolute Gasteiger partial charge is 0.317 e. The zero-order chi connectivity index (χ0) is 9.94. The predicted molar refractivity (Wildman–Crippen MR) is 57.7 cm³/mol. The van der Waals surface area contributed by atoms with Gasteiger partial charge in [-0.1, -0.05) is 45.4 Å². The minimum absolute atomic E-state index is 0.211. The van der Waals surface area contributed by atoms with Crippen LogP contribution in [-0.4, -0.2) is 5.97 Å². The van der Waals surface area contributed by atoms with E-state index in [1.54, 1.807) is 0 Å². The Hall–Kier alpha value is -0.180. The number of carbonyl (C=O) groups is 1. The third kappa shape index (κ3) is 9.74. The van der Waals surface area contributed by atoms with Crippen LogP contribution in [0.3, 0.4) is 0 Å². The Morgan fingerprint density at radius 2 is 1.62 bits per heavy atom. The largest absolute Gasteiger partial charge is 0.395 e. The van der Waals surface area contributed by atoms with E-state index in [0.29, 0.717) is 6.42 Å². The highest BCUT2D eigenvalue weighted by Crippen LogP contribution is 2.08. The second-order valence-corrected chi connectivity index (χ2v) is 3.52. The molecule has 0 saturated heterocycles. The average Bonchev–Trinajstić information content (AvgIpc) is 2.16. The first kappa shape index (κ1) is 12.8. The molecule has 3 heteroatoms. The van der Waals surface area contributed by atoms with E-state index in [2.05, 4.69) is 24.0 Å². The first-order valence-electron chi connectivity index (χ1n) is 5.15. The van der Waals surface area contributed by atoms with Crippen molar-refractivity contribution in [3.63, 3.8) is 0 Å². The van der Waals surface area contributed by atoms with Crippen LogP contribution < -0.4 is 0 Å². The van der Waals surface area contributed by atoms with Crippen LogP contribution in [0.5, 0.6) is 0 Å². The van der Waals surface area contributed by atoms with Crippen LogP contribution in [0.4, 0.5) is 0 Å². The summed E-state index contributed by atoms with van der Waals surface area (Å²) < 4.78 is 4.25. The van der Waals surface area contributed by atoms with Crippen LogP contribution >= 0.6 is 12.9 Å². The van der Waals surface area contributed by atoms with Gasteiger partial charge in [0.05, 0.1) is 0 Å². The molecule has 0 heterocycles. The fourth-order valence-electron chi connectivity index (χ4n) is 1.27. The van der Waals surface area contributed by atoms with Crippen LogP contribution in [0.2, 0.25) is 0 Å². The Labute approximate surface area is 86.7 Å². The molecule has 2 nitrogen and oxygen atoms in total. The molecule has 0 fully saturated rings. The molecule has 0 aromatic carbocycles. The maximum atomic E-state index is 10.6. The number of hydrogen-bond acceptors (Lipinski definition) is 3. The second-order valence-electron chi connectivity index (χ2n) is 3.33. The number of rotatable bonds is 8. The Kier molecular flexibility index (Phi) is 9.77. The zero-order valence-electron chi connectivity index (χ0n) is 8.42. The van der Waals surface area contributed by atoms with Crippen molar-refractivity contribution in [2.45, 2.75) is 58.3 Å². The van der Waals surface area contributed by atoms with Gasteiger partial charge in [-0.3, -0.25) is 4.79 Å². The highest BCUT2D eigenvalue weighted by atomic mass is 32.1. The summed E-state index contributed by atoms with van der Waals surface area (Å²) in [6.45, 7) is 2.21. The van der Waals surface area contributed by atoms with Gasteiger partial charge < -0.3 is 4.18 Å². The average molecular weight is 204 g/mol. The lowest BCUT2D eigenvalue weighted by atomic mass is 10.1. The van der Waals surface area contributed by atoms with Gasteiger partial charge in [0.15, 0.2) is 0 Å². The number of hydrogen-bond donors (Lipinski definition) is 1. The summed E-state index contributed by atoms with van der Waals surface area (Å²) in [4.78, 5) is 10.6. The molecule has 0 atom stereocenters. The molecular weight excluding hydrogens is 184 g/mol. The van der Waals surface area contributed by atoms with Gasteiger partial charge in [0.1, 0.15) is 0 Å². The summed E-state index contributed by atoms with van der Waals surface area (Å²) in [5.74, 6) is -0.211. The summed E-state index contributed by atoms with van der Waals surface area (Å²) in [7, 11) is 0. The molecule has 0 aliphatic rings. The highest BCUT2D eigenvalue weighted by Gasteiger charge is 1.99. The van der Waals surface area contributed by atoms with E-state index in [-0.39, 0.29) is 5.97 Å². The molecule has 0 aromatic rings. The Morgan fingerprint density at radius 3 is 2.15 bits per heavy atom. The SMILES string of the molecule is CCCCCCCCCC(=O)OS. The lowest BCUT2D eigenvalue weighted by Gasteiger charge is -1.99. The van der Waals surface area contributed by atoms with E-state index in [1.165, 1.54) is 32.1 Å². The Balaban J connectivity index is 2.95. The first-order chi connectivity index (χ1) is 6.31. The Bertz CT molecular complexity index is 126. The van der Waals surface area contributed by atoms with Crippen LogP contribution in [0.25, 0.3) is 0 Å². The predicted octanol–water partition coefficient (Wildman–Crippen LogP) is 3.52. The van der Waals surface area contributed by atoms with Gasteiger partial charge in [-0.2, -0.15) is 0 Å². The monoisotopic (exact) mass is 204 g/mol. The van der Waals surface area contributed by atoms with Crippen LogP contribution in [-0.2, 0) is 8.98 Å². The van der Waals surface area contributed by atoms with Crippen molar-refractivity contribution in [3.8, 4) is 0 Å². The third-order valence-electron chi connectivity index (χ3n) is 2.09. The molecule has 13 heavy (non-hydrogen) atoms. The second kappa shape index (κ2) is 9.90. The van der Waals surface area contributed by atoms with Crippen molar-refractivity contribution in [2.24, 2.45) is 0 Å². The van der Waals surface area contributed by atoms with E-state index in [9.17, 15) is 4.79 Å². The van der Waals surface area contributed by atoms with Crippen molar-refractivity contribution in [2.75, 3.05) is 0 Å². The van der Waals surface area contributed by atoms with Crippen LogP contribution in [0.1, 0.15) is 58.3 Å². The van der Waals surface area contributed by atoms with E-state index in [4.69, 9.17) is 0 Å². The van der Waals surface area contributed by atoms with E-state index in [0.717, 1.165) is 12.8 Å². The van der Waals surface area contributed by atoms with Crippen LogP contribution in [0.15, 0.2) is 0 Å². The van der Waals surface area contributed by atoms with Crippen molar-refractivity contribution in [1.82, 2.24) is 0 Å². The van der Waals surface area contributed by atoms with E-state index >= 15 is 0 Å². The van der Waals surface area contributed by atoms with Crippen molar-refractivity contribution >= 4 is 18.9 Å². The van der Waals surface area contributed by atoms with Gasteiger partial charge in [-0.15, -0.1) is 0 Å². The minimum atomic E-state index is -0.211. The van der Waals surface area contributed by atoms with Gasteiger partial charge >= 0.3 is 5.97 Å². The summed E-state index contributed by atoms with van der Waals surface area (Å²) in [6.07, 6.45) is 9.05. The molecule has 0 radical (unpaired) electrons. The fourth-order valence-corrected chi connectivity index (χ4v) is 1.36. The van der Waals surface area contributed by atoms with Crippen LogP contribution in [0, 0.1) is 0 Å². The van der Waals surface area contributed by atoms with Gasteiger partial charge in [-0.25, -0.2) is 0 Å². The molecule has 0 aromatic heterocycles. The summed E-state index contributed by atoms with van der Waals surface area (Å²) >= 11 is 3.44. The minimum Gasteiger partial charge on any atom is -0.395 e. The molecule has 0 bridgehead atoms. The highest BCUT2D eigenvalue weighted by molar-refractivity contribution is 7.75. The van der Waals surface area contributed by atoms with Crippen molar-refractivity contribution < 1.29 is 8.98 Å². The lowest BCUT2D eigenvalue weighted by Crippen LogP contribution is -1.95.